The van der Waals surface area contributed by atoms with Gasteiger partial charge in [0.05, 0.1) is 11.0 Å². The first kappa shape index (κ1) is 13.6. The molecule has 5 nitrogen and oxygen atoms in total. The van der Waals surface area contributed by atoms with Gasteiger partial charge in [0.1, 0.15) is 0 Å². The average Bonchev–Trinajstić information content (AvgIpc) is 2.81. The van der Waals surface area contributed by atoms with Crippen molar-refractivity contribution in [3.8, 4) is 0 Å². The zero-order valence-electron chi connectivity index (χ0n) is 11.2. The Morgan fingerprint density at radius 2 is 1.90 bits per heavy atom. The van der Waals surface area contributed by atoms with Gasteiger partial charge in [0, 0.05) is 15.7 Å². The number of hydrogen-bond acceptors (Lipinski definition) is 2. The van der Waals surface area contributed by atoms with Gasteiger partial charge >= 0.3 is 5.69 Å². The number of rotatable bonds is 2. The predicted octanol–water partition coefficient (Wildman–Crippen LogP) is 3.18. The van der Waals surface area contributed by atoms with Crippen LogP contribution in [0.5, 0.6) is 0 Å². The Labute approximate surface area is 128 Å². The minimum atomic E-state index is -0.267. The first-order valence-electron chi connectivity index (χ1n) is 6.33. The highest BCUT2D eigenvalue weighted by Gasteiger charge is 2.11. The van der Waals surface area contributed by atoms with Gasteiger partial charge in [-0.3, -0.25) is 4.79 Å². The van der Waals surface area contributed by atoms with Crippen molar-refractivity contribution in [1.29, 1.82) is 0 Å². The molecule has 0 radical (unpaired) electrons. The summed E-state index contributed by atoms with van der Waals surface area (Å²) in [5.74, 6) is -0.189. The van der Waals surface area contributed by atoms with E-state index in [9.17, 15) is 9.59 Å². The van der Waals surface area contributed by atoms with Crippen LogP contribution in [0.2, 0.25) is 0 Å². The number of nitrogens with one attached hydrogen (secondary N) is 3. The lowest BCUT2D eigenvalue weighted by Crippen LogP contribution is -2.13. The minimum Gasteiger partial charge on any atom is -0.322 e. The van der Waals surface area contributed by atoms with Crippen molar-refractivity contribution in [3.05, 3.63) is 62.5 Å². The molecule has 0 spiro atoms. The molecule has 1 aromatic heterocycles. The van der Waals surface area contributed by atoms with Crippen molar-refractivity contribution in [2.24, 2.45) is 0 Å². The van der Waals surface area contributed by atoms with Gasteiger partial charge in [-0.25, -0.2) is 4.79 Å². The molecule has 0 bridgehead atoms. The number of fused-ring (bicyclic) bond motifs is 1. The summed E-state index contributed by atoms with van der Waals surface area (Å²) >= 11 is 3.41. The maximum absolute atomic E-state index is 12.3. The SMILES string of the molecule is Cc1c(Br)cccc1C(=O)Nc1ccc2[nH]c(=O)[nH]c2c1. The quantitative estimate of drug-likeness (QED) is 0.666. The predicted molar refractivity (Wildman–Crippen MR) is 85.8 cm³/mol. The van der Waals surface area contributed by atoms with E-state index in [-0.39, 0.29) is 11.6 Å². The van der Waals surface area contributed by atoms with Gasteiger partial charge in [-0.2, -0.15) is 0 Å². The largest absolute Gasteiger partial charge is 0.323 e. The second-order valence-electron chi connectivity index (χ2n) is 4.71. The van der Waals surface area contributed by atoms with E-state index in [1.54, 1.807) is 24.3 Å². The molecular formula is C15H12BrN3O2. The van der Waals surface area contributed by atoms with E-state index in [0.717, 1.165) is 10.0 Å². The van der Waals surface area contributed by atoms with Gasteiger partial charge in [-0.05, 0) is 42.8 Å². The van der Waals surface area contributed by atoms with Gasteiger partial charge in [0.2, 0.25) is 0 Å². The number of hydrogen-bond donors (Lipinski definition) is 3. The highest BCUT2D eigenvalue weighted by atomic mass is 79.9. The smallest absolute Gasteiger partial charge is 0.322 e. The fourth-order valence-corrected chi connectivity index (χ4v) is 2.53. The molecule has 1 heterocycles. The molecule has 0 aliphatic rings. The number of halogens is 1. The van der Waals surface area contributed by atoms with Gasteiger partial charge in [0.25, 0.3) is 5.91 Å². The highest BCUT2D eigenvalue weighted by molar-refractivity contribution is 9.10. The Kier molecular flexibility index (Phi) is 3.39. The van der Waals surface area contributed by atoms with Crippen molar-refractivity contribution in [1.82, 2.24) is 9.97 Å². The molecule has 0 aliphatic heterocycles. The number of imidazole rings is 1. The van der Waals surface area contributed by atoms with Crippen molar-refractivity contribution in [2.75, 3.05) is 5.32 Å². The monoisotopic (exact) mass is 345 g/mol. The van der Waals surface area contributed by atoms with Crippen molar-refractivity contribution < 1.29 is 4.79 Å². The lowest BCUT2D eigenvalue weighted by molar-refractivity contribution is 0.102. The molecule has 106 valence electrons. The number of aromatic amines is 2. The molecule has 0 saturated heterocycles. The highest BCUT2D eigenvalue weighted by Crippen LogP contribution is 2.21. The lowest BCUT2D eigenvalue weighted by atomic mass is 10.1. The number of carbonyl (C=O) groups excluding carboxylic acids is 1. The zero-order valence-corrected chi connectivity index (χ0v) is 12.7. The summed E-state index contributed by atoms with van der Waals surface area (Å²) in [6.45, 7) is 1.88. The van der Waals surface area contributed by atoms with Crippen molar-refractivity contribution >= 4 is 38.6 Å². The van der Waals surface area contributed by atoms with Crippen molar-refractivity contribution in [2.45, 2.75) is 6.92 Å². The molecule has 3 N–H and O–H groups in total. The third-order valence-corrected chi connectivity index (χ3v) is 4.15. The molecule has 6 heteroatoms. The zero-order chi connectivity index (χ0) is 15.0. The third kappa shape index (κ3) is 2.62. The van der Waals surface area contributed by atoms with Crippen LogP contribution >= 0.6 is 15.9 Å². The molecule has 21 heavy (non-hydrogen) atoms. The number of H-pyrrole nitrogens is 2. The fraction of sp³-hybridized carbons (Fsp3) is 0.0667. The first-order chi connectivity index (χ1) is 10.0. The van der Waals surface area contributed by atoms with E-state index in [1.165, 1.54) is 0 Å². The van der Waals surface area contributed by atoms with Gasteiger partial charge < -0.3 is 15.3 Å². The molecule has 2 aromatic carbocycles. The van der Waals surface area contributed by atoms with Gasteiger partial charge in [0.15, 0.2) is 0 Å². The Balaban J connectivity index is 1.92. The van der Waals surface area contributed by atoms with E-state index in [2.05, 4.69) is 31.2 Å². The van der Waals surface area contributed by atoms with Crippen LogP contribution in [0.15, 0.2) is 45.7 Å². The van der Waals surface area contributed by atoms with Gasteiger partial charge in [-0.15, -0.1) is 0 Å². The van der Waals surface area contributed by atoms with E-state index in [0.29, 0.717) is 22.3 Å². The molecule has 3 aromatic rings. The Morgan fingerprint density at radius 3 is 2.71 bits per heavy atom. The molecule has 0 saturated carbocycles. The second-order valence-corrected chi connectivity index (χ2v) is 5.56. The number of benzene rings is 2. The molecule has 0 fully saturated rings. The van der Waals surface area contributed by atoms with Crippen LogP contribution in [0.3, 0.4) is 0 Å². The van der Waals surface area contributed by atoms with Gasteiger partial charge in [-0.1, -0.05) is 22.0 Å². The molecule has 0 aliphatic carbocycles. The molecule has 0 atom stereocenters. The topological polar surface area (TPSA) is 77.8 Å². The summed E-state index contributed by atoms with van der Waals surface area (Å²) in [5, 5.41) is 2.83. The van der Waals surface area contributed by atoms with Crippen molar-refractivity contribution in [3.63, 3.8) is 0 Å². The van der Waals surface area contributed by atoms with Crippen LogP contribution in [-0.4, -0.2) is 15.9 Å². The van der Waals surface area contributed by atoms with E-state index in [4.69, 9.17) is 0 Å². The summed E-state index contributed by atoms with van der Waals surface area (Å²) < 4.78 is 0.889. The molecule has 0 unspecified atom stereocenters. The lowest BCUT2D eigenvalue weighted by Gasteiger charge is -2.09. The summed E-state index contributed by atoms with van der Waals surface area (Å²) in [6, 6.07) is 10.7. The summed E-state index contributed by atoms with van der Waals surface area (Å²) in [7, 11) is 0. The minimum absolute atomic E-state index is 0.189. The van der Waals surface area contributed by atoms with E-state index >= 15 is 0 Å². The Bertz CT molecular complexity index is 895. The Hall–Kier alpha value is -2.34. The second kappa shape index (κ2) is 5.21. The maximum atomic E-state index is 12.3. The molecule has 3 rings (SSSR count). The normalized spacial score (nSPS) is 10.8. The molecular weight excluding hydrogens is 334 g/mol. The molecule has 1 amide bonds. The number of amides is 1. The van der Waals surface area contributed by atoms with E-state index in [1.807, 2.05) is 19.1 Å². The first-order valence-corrected chi connectivity index (χ1v) is 7.12. The Morgan fingerprint density at radius 1 is 1.14 bits per heavy atom. The average molecular weight is 346 g/mol. The number of anilines is 1. The van der Waals surface area contributed by atoms with Crippen LogP contribution < -0.4 is 11.0 Å². The number of aromatic nitrogens is 2. The van der Waals surface area contributed by atoms with Crippen LogP contribution in [0.4, 0.5) is 5.69 Å². The van der Waals surface area contributed by atoms with Crippen LogP contribution in [0.1, 0.15) is 15.9 Å². The maximum Gasteiger partial charge on any atom is 0.323 e. The van der Waals surface area contributed by atoms with Crippen LogP contribution in [-0.2, 0) is 0 Å². The summed E-state index contributed by atoms with van der Waals surface area (Å²) in [6.07, 6.45) is 0. The fourth-order valence-electron chi connectivity index (χ4n) is 2.16. The summed E-state index contributed by atoms with van der Waals surface area (Å²) in [5.41, 5.74) is 3.21. The number of carbonyl (C=O) groups is 1. The standard InChI is InChI=1S/C15H12BrN3O2/c1-8-10(3-2-4-11(8)16)14(20)17-9-5-6-12-13(7-9)19-15(21)18-12/h2-7H,1H3,(H,17,20)(H2,18,19,21). The van der Waals surface area contributed by atoms with Crippen LogP contribution in [0, 0.1) is 6.92 Å². The summed E-state index contributed by atoms with van der Waals surface area (Å²) in [4.78, 5) is 28.9. The van der Waals surface area contributed by atoms with E-state index < -0.39 is 0 Å². The van der Waals surface area contributed by atoms with Crippen LogP contribution in [0.25, 0.3) is 11.0 Å². The third-order valence-electron chi connectivity index (χ3n) is 3.29.